The van der Waals surface area contributed by atoms with Crippen LogP contribution in [0.25, 0.3) is 6.08 Å². The van der Waals surface area contributed by atoms with Gasteiger partial charge in [0.25, 0.3) is 11.1 Å². The van der Waals surface area contributed by atoms with Gasteiger partial charge in [0.2, 0.25) is 5.75 Å². The third kappa shape index (κ3) is 5.87. The van der Waals surface area contributed by atoms with Gasteiger partial charge in [-0.3, -0.25) is 14.5 Å². The number of carbonyl (C=O) groups is 2. The molecule has 186 valence electrons. The lowest BCUT2D eigenvalue weighted by molar-refractivity contribution is -0.123. The average molecular weight is 564 g/mol. The number of amides is 2. The highest BCUT2D eigenvalue weighted by atomic mass is 35.5. The fourth-order valence-electron chi connectivity index (χ4n) is 3.33. The van der Waals surface area contributed by atoms with E-state index in [0.29, 0.717) is 10.6 Å². The first-order valence-corrected chi connectivity index (χ1v) is 13.6. The number of hydrogen-bond donors (Lipinski definition) is 0. The molecule has 0 aliphatic carbocycles. The second-order valence-electron chi connectivity index (χ2n) is 7.51. The molecule has 0 atom stereocenters. The van der Waals surface area contributed by atoms with Crippen LogP contribution in [0, 0.1) is 0 Å². The summed E-state index contributed by atoms with van der Waals surface area (Å²) >= 11 is 13.0. The van der Waals surface area contributed by atoms with Gasteiger partial charge < -0.3 is 8.92 Å². The molecule has 1 fully saturated rings. The van der Waals surface area contributed by atoms with Crippen molar-refractivity contribution >= 4 is 62.3 Å². The van der Waals surface area contributed by atoms with Crippen LogP contribution in [0.15, 0.2) is 76.5 Å². The lowest BCUT2D eigenvalue weighted by Gasteiger charge is -2.14. The van der Waals surface area contributed by atoms with Crippen molar-refractivity contribution in [3.05, 3.63) is 92.8 Å². The van der Waals surface area contributed by atoms with Crippen LogP contribution < -0.4 is 8.92 Å². The molecule has 3 aromatic rings. The number of thioether (sulfide) groups is 1. The largest absolute Gasteiger partial charge is 0.490 e. The quantitative estimate of drug-likeness (QED) is 0.231. The summed E-state index contributed by atoms with van der Waals surface area (Å²) in [7, 11) is -4.23. The Morgan fingerprint density at radius 1 is 1.00 bits per heavy atom. The van der Waals surface area contributed by atoms with Crippen molar-refractivity contribution in [3.63, 3.8) is 0 Å². The highest BCUT2D eigenvalue weighted by Crippen LogP contribution is 2.40. The Hall–Kier alpha value is -2.98. The summed E-state index contributed by atoms with van der Waals surface area (Å²) in [5.41, 5.74) is 1.26. The monoisotopic (exact) mass is 563 g/mol. The van der Waals surface area contributed by atoms with E-state index in [9.17, 15) is 18.0 Å². The maximum absolute atomic E-state index is 12.9. The van der Waals surface area contributed by atoms with Crippen molar-refractivity contribution in [2.75, 3.05) is 6.61 Å². The fourth-order valence-corrected chi connectivity index (χ4v) is 5.55. The minimum absolute atomic E-state index is 0.0479. The van der Waals surface area contributed by atoms with E-state index in [2.05, 4.69) is 0 Å². The predicted molar refractivity (Wildman–Crippen MR) is 140 cm³/mol. The van der Waals surface area contributed by atoms with Crippen LogP contribution in [0.3, 0.4) is 0 Å². The van der Waals surface area contributed by atoms with Crippen molar-refractivity contribution in [2.45, 2.75) is 18.4 Å². The molecule has 0 saturated carbocycles. The van der Waals surface area contributed by atoms with Crippen molar-refractivity contribution < 1.29 is 26.9 Å². The molecule has 2 amide bonds. The summed E-state index contributed by atoms with van der Waals surface area (Å²) in [6.45, 7) is 2.07. The summed E-state index contributed by atoms with van der Waals surface area (Å²) in [4.78, 5) is 26.6. The van der Waals surface area contributed by atoms with E-state index >= 15 is 0 Å². The number of halogens is 2. The first-order chi connectivity index (χ1) is 17.2. The molecule has 1 aliphatic rings. The van der Waals surface area contributed by atoms with Gasteiger partial charge >= 0.3 is 10.1 Å². The van der Waals surface area contributed by atoms with E-state index < -0.39 is 16.0 Å². The summed E-state index contributed by atoms with van der Waals surface area (Å²) in [5, 5.41) is -0.0620. The summed E-state index contributed by atoms with van der Waals surface area (Å²) in [6, 6.07) is 17.6. The van der Waals surface area contributed by atoms with Crippen LogP contribution in [-0.4, -0.2) is 31.1 Å². The molecular formula is C25H19Cl2NO6S2. The van der Waals surface area contributed by atoms with Crippen LogP contribution in [0.1, 0.15) is 18.1 Å². The van der Waals surface area contributed by atoms with Crippen molar-refractivity contribution in [1.29, 1.82) is 0 Å². The third-order valence-electron chi connectivity index (χ3n) is 4.98. The fraction of sp³-hybridized carbons (Fsp3) is 0.120. The van der Waals surface area contributed by atoms with Crippen LogP contribution in [0.4, 0.5) is 4.79 Å². The molecule has 1 aliphatic heterocycles. The summed E-state index contributed by atoms with van der Waals surface area (Å²) in [5.74, 6) is -0.561. The first-order valence-electron chi connectivity index (χ1n) is 10.6. The van der Waals surface area contributed by atoms with Crippen LogP contribution in [-0.2, 0) is 21.5 Å². The Kier molecular flexibility index (Phi) is 7.94. The van der Waals surface area contributed by atoms with Gasteiger partial charge in [0.1, 0.15) is 4.90 Å². The molecule has 0 spiro atoms. The molecule has 0 radical (unpaired) electrons. The second-order valence-corrected chi connectivity index (χ2v) is 10.9. The third-order valence-corrected chi connectivity index (χ3v) is 7.66. The van der Waals surface area contributed by atoms with Crippen molar-refractivity contribution in [3.8, 4) is 11.5 Å². The molecule has 0 unspecified atom stereocenters. The average Bonchev–Trinajstić information content (AvgIpc) is 3.10. The zero-order chi connectivity index (χ0) is 25.9. The maximum Gasteiger partial charge on any atom is 0.339 e. The predicted octanol–water partition coefficient (Wildman–Crippen LogP) is 6.40. The Morgan fingerprint density at radius 3 is 2.36 bits per heavy atom. The van der Waals surface area contributed by atoms with Crippen LogP contribution in [0.5, 0.6) is 11.5 Å². The van der Waals surface area contributed by atoms with Gasteiger partial charge in [0.15, 0.2) is 5.75 Å². The van der Waals surface area contributed by atoms with Crippen molar-refractivity contribution in [1.82, 2.24) is 4.90 Å². The molecule has 4 rings (SSSR count). The van der Waals surface area contributed by atoms with E-state index in [1.807, 2.05) is 30.3 Å². The smallest absolute Gasteiger partial charge is 0.339 e. The van der Waals surface area contributed by atoms with E-state index in [-0.39, 0.29) is 44.7 Å². The molecule has 1 heterocycles. The Balaban J connectivity index is 1.62. The molecule has 0 N–H and O–H groups in total. The van der Waals surface area contributed by atoms with Crippen LogP contribution in [0.2, 0.25) is 10.0 Å². The number of hydrogen-bond acceptors (Lipinski definition) is 7. The number of benzene rings is 3. The van der Waals surface area contributed by atoms with Gasteiger partial charge in [-0.05, 0) is 72.3 Å². The molecule has 0 aromatic heterocycles. The maximum atomic E-state index is 12.9. The summed E-state index contributed by atoms with van der Waals surface area (Å²) in [6.07, 6.45) is 1.50. The van der Waals surface area contributed by atoms with Gasteiger partial charge in [-0.2, -0.15) is 8.42 Å². The standard InChI is InChI=1S/C25H19Cl2NO6S2/c1-2-33-21-13-17(12-20(27)23(21)34-36(31,32)19-10-8-18(26)9-11-19)14-22-24(29)28(25(30)35-22)15-16-6-4-3-5-7-16/h3-14H,2,15H2,1H3/b22-14-. The molecule has 0 bridgehead atoms. The van der Waals surface area contributed by atoms with Gasteiger partial charge in [0, 0.05) is 5.02 Å². The van der Waals surface area contributed by atoms with E-state index in [1.165, 1.54) is 42.5 Å². The number of rotatable bonds is 8. The molecular weight excluding hydrogens is 545 g/mol. The zero-order valence-corrected chi connectivity index (χ0v) is 22.0. The van der Waals surface area contributed by atoms with E-state index in [4.69, 9.17) is 32.1 Å². The van der Waals surface area contributed by atoms with Crippen molar-refractivity contribution in [2.24, 2.45) is 0 Å². The number of ether oxygens (including phenoxy) is 1. The highest BCUT2D eigenvalue weighted by Gasteiger charge is 2.35. The molecule has 3 aromatic carbocycles. The molecule has 11 heteroatoms. The minimum Gasteiger partial charge on any atom is -0.490 e. The number of nitrogens with zero attached hydrogens (tertiary/aromatic N) is 1. The molecule has 36 heavy (non-hydrogen) atoms. The highest BCUT2D eigenvalue weighted by molar-refractivity contribution is 8.18. The molecule has 7 nitrogen and oxygen atoms in total. The van der Waals surface area contributed by atoms with Gasteiger partial charge in [0.05, 0.1) is 23.1 Å². The second kappa shape index (κ2) is 11.0. The van der Waals surface area contributed by atoms with Crippen LogP contribution >= 0.6 is 35.0 Å². The topological polar surface area (TPSA) is 90.0 Å². The number of imide groups is 1. The zero-order valence-electron chi connectivity index (χ0n) is 18.8. The number of carbonyl (C=O) groups excluding carboxylic acids is 2. The Labute approximate surface area is 222 Å². The SMILES string of the molecule is CCOc1cc(/C=C2\SC(=O)N(Cc3ccccc3)C2=O)cc(Cl)c1OS(=O)(=O)c1ccc(Cl)cc1. The molecule has 1 saturated heterocycles. The van der Waals surface area contributed by atoms with E-state index in [1.54, 1.807) is 6.92 Å². The lowest BCUT2D eigenvalue weighted by Crippen LogP contribution is -2.27. The normalized spacial score (nSPS) is 15.0. The first kappa shape index (κ1) is 26.1. The van der Waals surface area contributed by atoms with Gasteiger partial charge in [-0.25, -0.2) is 0 Å². The van der Waals surface area contributed by atoms with Gasteiger partial charge in [-0.1, -0.05) is 53.5 Å². The Morgan fingerprint density at radius 2 is 1.69 bits per heavy atom. The Bertz CT molecular complexity index is 1440. The minimum atomic E-state index is -4.23. The van der Waals surface area contributed by atoms with Gasteiger partial charge in [-0.15, -0.1) is 0 Å². The van der Waals surface area contributed by atoms with E-state index in [0.717, 1.165) is 22.2 Å². The summed E-state index contributed by atoms with van der Waals surface area (Å²) < 4.78 is 36.4. The lowest BCUT2D eigenvalue weighted by atomic mass is 10.1.